The summed E-state index contributed by atoms with van der Waals surface area (Å²) in [5.41, 5.74) is 3.03. The molecule has 1 aliphatic carbocycles. The number of hydrogen-bond acceptors (Lipinski definition) is 6. The zero-order valence-electron chi connectivity index (χ0n) is 17.5. The summed E-state index contributed by atoms with van der Waals surface area (Å²) >= 11 is 0. The molecule has 29 heavy (non-hydrogen) atoms. The molecule has 4 heterocycles. The fourth-order valence-corrected chi connectivity index (χ4v) is 5.64. The molecule has 3 fully saturated rings. The van der Waals surface area contributed by atoms with E-state index < -0.39 is 0 Å². The van der Waals surface area contributed by atoms with Gasteiger partial charge in [-0.15, -0.1) is 10.2 Å². The van der Waals surface area contributed by atoms with Crippen molar-refractivity contribution < 1.29 is 4.74 Å². The van der Waals surface area contributed by atoms with Crippen molar-refractivity contribution in [3.05, 3.63) is 23.9 Å². The van der Waals surface area contributed by atoms with E-state index >= 15 is 0 Å². The van der Waals surface area contributed by atoms with Gasteiger partial charge in [-0.05, 0) is 68.1 Å². The van der Waals surface area contributed by atoms with Gasteiger partial charge in [0.15, 0.2) is 0 Å². The van der Waals surface area contributed by atoms with Crippen LogP contribution in [0.5, 0.6) is 0 Å². The van der Waals surface area contributed by atoms with E-state index in [0.29, 0.717) is 6.04 Å². The summed E-state index contributed by atoms with van der Waals surface area (Å²) in [4.78, 5) is 2.69. The summed E-state index contributed by atoms with van der Waals surface area (Å²) in [5.74, 6) is 3.27. The average Bonchev–Trinajstić information content (AvgIpc) is 3.36. The van der Waals surface area contributed by atoms with E-state index in [9.17, 15) is 0 Å². The molecule has 2 unspecified atom stereocenters. The Hall–Kier alpha value is -1.99. The molecular formula is C22H32N6O. The first kappa shape index (κ1) is 19.0. The second-order valence-corrected chi connectivity index (χ2v) is 9.24. The number of aryl methyl sites for hydroxylation is 2. The fourth-order valence-electron chi connectivity index (χ4n) is 5.64. The molecule has 3 aliphatic rings. The molecule has 2 saturated heterocycles. The van der Waals surface area contributed by atoms with Gasteiger partial charge in [0.2, 0.25) is 0 Å². The first-order valence-corrected chi connectivity index (χ1v) is 11.0. The zero-order chi connectivity index (χ0) is 19.8. The highest BCUT2D eigenvalue weighted by atomic mass is 16.5. The molecule has 1 saturated carbocycles. The lowest BCUT2D eigenvalue weighted by Gasteiger charge is -2.27. The zero-order valence-corrected chi connectivity index (χ0v) is 17.5. The van der Waals surface area contributed by atoms with Gasteiger partial charge >= 0.3 is 0 Å². The van der Waals surface area contributed by atoms with Crippen molar-refractivity contribution in [1.29, 1.82) is 0 Å². The van der Waals surface area contributed by atoms with E-state index in [-0.39, 0.29) is 0 Å². The van der Waals surface area contributed by atoms with Crippen LogP contribution in [0.4, 0.5) is 5.82 Å². The highest BCUT2D eigenvalue weighted by Crippen LogP contribution is 2.39. The molecule has 1 N–H and O–H groups in total. The van der Waals surface area contributed by atoms with Gasteiger partial charge in [-0.25, -0.2) is 0 Å². The Kier molecular flexibility index (Phi) is 5.26. The van der Waals surface area contributed by atoms with Crippen LogP contribution in [0.1, 0.15) is 31.2 Å². The smallest absolute Gasteiger partial charge is 0.148 e. The molecule has 4 atom stereocenters. The maximum Gasteiger partial charge on any atom is 0.148 e. The average molecular weight is 397 g/mol. The quantitative estimate of drug-likeness (QED) is 0.838. The lowest BCUT2D eigenvalue weighted by molar-refractivity contribution is 0.0407. The summed E-state index contributed by atoms with van der Waals surface area (Å²) in [6, 6.07) is 4.62. The van der Waals surface area contributed by atoms with Crippen molar-refractivity contribution in [3.8, 4) is 11.4 Å². The number of hydrogen-bond donors (Lipinski definition) is 1. The van der Waals surface area contributed by atoms with Gasteiger partial charge in [0.1, 0.15) is 11.5 Å². The molecule has 2 aromatic rings. The Morgan fingerprint density at radius 1 is 1.17 bits per heavy atom. The fraction of sp³-hybridized carbons (Fsp3) is 0.682. The van der Waals surface area contributed by atoms with Gasteiger partial charge in [-0.3, -0.25) is 4.68 Å². The first-order chi connectivity index (χ1) is 14.2. The predicted molar refractivity (Wildman–Crippen MR) is 113 cm³/mol. The third-order valence-corrected chi connectivity index (χ3v) is 6.98. The molecule has 0 amide bonds. The summed E-state index contributed by atoms with van der Waals surface area (Å²) in [6.45, 7) is 7.71. The third-order valence-electron chi connectivity index (χ3n) is 6.98. The van der Waals surface area contributed by atoms with E-state index in [1.54, 1.807) is 0 Å². The first-order valence-electron chi connectivity index (χ1n) is 11.0. The van der Waals surface area contributed by atoms with E-state index in [2.05, 4.69) is 38.5 Å². The van der Waals surface area contributed by atoms with Gasteiger partial charge in [-0.2, -0.15) is 5.10 Å². The van der Waals surface area contributed by atoms with E-state index in [0.717, 1.165) is 53.7 Å². The molecule has 5 rings (SSSR count). The summed E-state index contributed by atoms with van der Waals surface area (Å²) in [6.07, 6.45) is 6.92. The van der Waals surface area contributed by atoms with Crippen LogP contribution in [0, 0.1) is 24.7 Å². The van der Waals surface area contributed by atoms with Crippen LogP contribution in [-0.2, 0) is 11.8 Å². The van der Waals surface area contributed by atoms with Crippen LogP contribution in [0.3, 0.4) is 0 Å². The molecule has 0 spiro atoms. The van der Waals surface area contributed by atoms with Crippen molar-refractivity contribution >= 4 is 5.82 Å². The van der Waals surface area contributed by atoms with Crippen molar-refractivity contribution in [1.82, 2.24) is 24.9 Å². The Morgan fingerprint density at radius 2 is 2.00 bits per heavy atom. The van der Waals surface area contributed by atoms with Crippen LogP contribution in [0.15, 0.2) is 18.3 Å². The van der Waals surface area contributed by atoms with E-state index in [4.69, 9.17) is 4.74 Å². The minimum Gasteiger partial charge on any atom is -0.381 e. The lowest BCUT2D eigenvalue weighted by atomic mass is 10.0. The second kappa shape index (κ2) is 8.03. The summed E-state index contributed by atoms with van der Waals surface area (Å²) < 4.78 is 7.52. The number of rotatable bonds is 5. The van der Waals surface area contributed by atoms with Gasteiger partial charge in [0, 0.05) is 39.3 Å². The number of aromatic nitrogens is 4. The van der Waals surface area contributed by atoms with Crippen molar-refractivity contribution in [2.24, 2.45) is 24.8 Å². The Balaban J connectivity index is 1.14. The number of anilines is 1. The molecular weight excluding hydrogens is 364 g/mol. The van der Waals surface area contributed by atoms with Crippen molar-refractivity contribution in [2.75, 3.05) is 38.2 Å². The minimum atomic E-state index is 0.517. The lowest BCUT2D eigenvalue weighted by Crippen LogP contribution is -2.33. The number of likely N-dealkylation sites (tertiary alicyclic amines) is 1. The van der Waals surface area contributed by atoms with Crippen LogP contribution >= 0.6 is 0 Å². The SMILES string of the molecule is Cc1cnn(C)c1-c1ccc(NC2C[C@@H]3CN(CC4CCCOC4)C[C@@H]3C2)nn1. The van der Waals surface area contributed by atoms with Crippen molar-refractivity contribution in [3.63, 3.8) is 0 Å². The Labute approximate surface area is 172 Å². The normalized spacial score (nSPS) is 29.9. The molecule has 7 nitrogen and oxygen atoms in total. The standard InChI is InChI=1S/C22H32N6O/c1-15-10-23-27(2)22(15)20-5-6-21(26-25-20)24-19-8-17-12-28(13-18(17)9-19)11-16-4-3-7-29-14-16/h5-6,10,16-19H,3-4,7-9,11-14H2,1-2H3,(H,24,26)/t16?,17-,18+,19?. The summed E-state index contributed by atoms with van der Waals surface area (Å²) in [5, 5.41) is 16.8. The predicted octanol–water partition coefficient (Wildman–Crippen LogP) is 2.73. The van der Waals surface area contributed by atoms with Gasteiger partial charge < -0.3 is 15.0 Å². The van der Waals surface area contributed by atoms with E-state index in [1.807, 2.05) is 24.0 Å². The summed E-state index contributed by atoms with van der Waals surface area (Å²) in [7, 11) is 1.94. The number of nitrogens with one attached hydrogen (secondary N) is 1. The molecule has 0 bridgehead atoms. The van der Waals surface area contributed by atoms with Gasteiger partial charge in [0.25, 0.3) is 0 Å². The molecule has 0 aromatic carbocycles. The largest absolute Gasteiger partial charge is 0.381 e. The maximum absolute atomic E-state index is 5.66. The van der Waals surface area contributed by atoms with Crippen LogP contribution < -0.4 is 5.32 Å². The maximum atomic E-state index is 5.66. The number of fused-ring (bicyclic) bond motifs is 1. The van der Waals surface area contributed by atoms with Crippen LogP contribution in [-0.4, -0.2) is 63.8 Å². The Bertz CT molecular complexity index is 795. The van der Waals surface area contributed by atoms with Crippen LogP contribution in [0.25, 0.3) is 11.4 Å². The highest BCUT2D eigenvalue weighted by molar-refractivity contribution is 5.59. The number of ether oxygens (including phenoxy) is 1. The van der Waals surface area contributed by atoms with E-state index in [1.165, 1.54) is 45.3 Å². The second-order valence-electron chi connectivity index (χ2n) is 9.24. The van der Waals surface area contributed by atoms with Crippen molar-refractivity contribution in [2.45, 2.75) is 38.6 Å². The van der Waals surface area contributed by atoms with Crippen LogP contribution in [0.2, 0.25) is 0 Å². The molecule has 2 aromatic heterocycles. The van der Waals surface area contributed by atoms with Gasteiger partial charge in [0.05, 0.1) is 18.5 Å². The molecule has 7 heteroatoms. The molecule has 156 valence electrons. The highest BCUT2D eigenvalue weighted by Gasteiger charge is 2.41. The van der Waals surface area contributed by atoms with Gasteiger partial charge in [-0.1, -0.05) is 0 Å². The Morgan fingerprint density at radius 3 is 2.62 bits per heavy atom. The topological polar surface area (TPSA) is 68.1 Å². The molecule has 2 aliphatic heterocycles. The minimum absolute atomic E-state index is 0.517. The molecule has 0 radical (unpaired) electrons. The third kappa shape index (κ3) is 4.03. The monoisotopic (exact) mass is 396 g/mol. The number of nitrogens with zero attached hydrogens (tertiary/aromatic N) is 5.